The van der Waals surface area contributed by atoms with Gasteiger partial charge in [-0.3, -0.25) is 25.2 Å². The lowest BCUT2D eigenvalue weighted by Gasteiger charge is -2.22. The van der Waals surface area contributed by atoms with Crippen LogP contribution in [-0.2, 0) is 19.2 Å². The molecule has 0 aromatic heterocycles. The van der Waals surface area contributed by atoms with Crippen LogP contribution in [0.3, 0.4) is 0 Å². The van der Waals surface area contributed by atoms with Gasteiger partial charge < -0.3 is 37.4 Å². The maximum atomic E-state index is 12.1. The molecule has 0 aromatic rings. The Labute approximate surface area is 153 Å². The van der Waals surface area contributed by atoms with Crippen LogP contribution in [0.4, 0.5) is 4.79 Å². The standard InChI is InChI=1S/C13H24N6O8/c1-5(21)9(12(25)26)17-13(27)16-7(2-3-8(15)22)11(24)19-18-10(23)6(14)4-20/h5-7,9,20-21H,2-4,14H2,1H3,(H2,15,22)(H,18,23)(H,19,24)(H,25,26)(H2,16,17,27)/t5?,6-,7-,9-/m0/s1. The zero-order chi connectivity index (χ0) is 21.1. The quantitative estimate of drug-likeness (QED) is 0.162. The fourth-order valence-electron chi connectivity index (χ4n) is 1.67. The van der Waals surface area contributed by atoms with Crippen LogP contribution in [0.25, 0.3) is 0 Å². The summed E-state index contributed by atoms with van der Waals surface area (Å²) in [6.45, 7) is 0.458. The number of carbonyl (C=O) groups excluding carboxylic acids is 4. The zero-order valence-electron chi connectivity index (χ0n) is 14.5. The number of aliphatic hydroxyl groups is 2. The van der Waals surface area contributed by atoms with Crippen LogP contribution < -0.4 is 33.0 Å². The van der Waals surface area contributed by atoms with Gasteiger partial charge in [-0.2, -0.15) is 0 Å². The highest BCUT2D eigenvalue weighted by atomic mass is 16.4. The van der Waals surface area contributed by atoms with Gasteiger partial charge in [0.05, 0.1) is 12.7 Å². The number of urea groups is 1. The number of aliphatic carboxylic acids is 1. The number of hydrogen-bond acceptors (Lipinski definition) is 8. The van der Waals surface area contributed by atoms with E-state index in [0.29, 0.717) is 0 Å². The van der Waals surface area contributed by atoms with Gasteiger partial charge in [0.15, 0.2) is 6.04 Å². The van der Waals surface area contributed by atoms with Crippen molar-refractivity contribution >= 4 is 29.7 Å². The van der Waals surface area contributed by atoms with Gasteiger partial charge >= 0.3 is 12.0 Å². The molecule has 0 aromatic carbocycles. The largest absolute Gasteiger partial charge is 0.480 e. The molecule has 0 radical (unpaired) electrons. The first-order valence-electron chi connectivity index (χ1n) is 7.71. The van der Waals surface area contributed by atoms with Crippen molar-refractivity contribution < 1.29 is 39.3 Å². The van der Waals surface area contributed by atoms with Gasteiger partial charge in [-0.15, -0.1) is 0 Å². The summed E-state index contributed by atoms with van der Waals surface area (Å²) < 4.78 is 0. The van der Waals surface area contributed by atoms with E-state index in [0.717, 1.165) is 6.92 Å². The van der Waals surface area contributed by atoms with E-state index in [1.807, 2.05) is 16.2 Å². The second-order valence-corrected chi connectivity index (χ2v) is 5.50. The van der Waals surface area contributed by atoms with Gasteiger partial charge in [0.1, 0.15) is 12.1 Å². The molecule has 0 saturated carbocycles. The molecule has 1 unspecified atom stereocenters. The van der Waals surface area contributed by atoms with Crippen molar-refractivity contribution in [3.8, 4) is 0 Å². The molecule has 11 N–H and O–H groups in total. The van der Waals surface area contributed by atoms with E-state index in [1.165, 1.54) is 0 Å². The monoisotopic (exact) mass is 392 g/mol. The Bertz CT molecular complexity index is 569. The van der Waals surface area contributed by atoms with Crippen LogP contribution in [0.15, 0.2) is 0 Å². The SMILES string of the molecule is CC(O)[C@H](NC(=O)N[C@@H](CCC(N)=O)C(=O)NNC(=O)[C@@H](N)CO)C(=O)O. The summed E-state index contributed by atoms with van der Waals surface area (Å²) >= 11 is 0. The molecule has 4 atom stereocenters. The summed E-state index contributed by atoms with van der Waals surface area (Å²) in [5, 5.41) is 31.0. The number of hydrazine groups is 1. The molecular weight excluding hydrogens is 368 g/mol. The number of nitrogens with two attached hydrogens (primary N) is 2. The van der Waals surface area contributed by atoms with Gasteiger partial charge in [-0.1, -0.05) is 0 Å². The van der Waals surface area contributed by atoms with Gasteiger partial charge in [0, 0.05) is 6.42 Å². The van der Waals surface area contributed by atoms with Crippen LogP contribution in [-0.4, -0.2) is 75.9 Å². The van der Waals surface area contributed by atoms with Crippen molar-refractivity contribution in [2.75, 3.05) is 6.61 Å². The second-order valence-electron chi connectivity index (χ2n) is 5.50. The maximum Gasteiger partial charge on any atom is 0.328 e. The van der Waals surface area contributed by atoms with Crippen LogP contribution in [0.1, 0.15) is 19.8 Å². The highest BCUT2D eigenvalue weighted by molar-refractivity contribution is 5.91. The minimum absolute atomic E-state index is 0.261. The highest BCUT2D eigenvalue weighted by Gasteiger charge is 2.28. The minimum atomic E-state index is -1.65. The summed E-state index contributed by atoms with van der Waals surface area (Å²) in [6.07, 6.45) is -1.99. The molecule has 0 spiro atoms. The van der Waals surface area contributed by atoms with Crippen LogP contribution in [0.5, 0.6) is 0 Å². The molecule has 27 heavy (non-hydrogen) atoms. The van der Waals surface area contributed by atoms with Crippen LogP contribution >= 0.6 is 0 Å². The average molecular weight is 392 g/mol. The van der Waals surface area contributed by atoms with Crippen molar-refractivity contribution in [2.45, 2.75) is 44.0 Å². The highest BCUT2D eigenvalue weighted by Crippen LogP contribution is 1.99. The summed E-state index contributed by atoms with van der Waals surface area (Å²) in [5.41, 5.74) is 14.1. The molecule has 14 nitrogen and oxygen atoms in total. The number of aliphatic hydroxyl groups excluding tert-OH is 2. The van der Waals surface area contributed by atoms with Crippen molar-refractivity contribution in [1.82, 2.24) is 21.5 Å². The van der Waals surface area contributed by atoms with Gasteiger partial charge in [-0.25, -0.2) is 9.59 Å². The van der Waals surface area contributed by atoms with Crippen molar-refractivity contribution in [1.29, 1.82) is 0 Å². The topological polar surface area (TPSA) is 246 Å². The lowest BCUT2D eigenvalue weighted by molar-refractivity contribution is -0.141. The molecule has 14 heteroatoms. The van der Waals surface area contributed by atoms with Crippen molar-refractivity contribution in [3.05, 3.63) is 0 Å². The summed E-state index contributed by atoms with van der Waals surface area (Å²) in [4.78, 5) is 57.2. The number of hydrogen-bond donors (Lipinski definition) is 9. The third-order valence-corrected chi connectivity index (χ3v) is 3.18. The van der Waals surface area contributed by atoms with Gasteiger partial charge in [0.2, 0.25) is 5.91 Å². The van der Waals surface area contributed by atoms with E-state index in [2.05, 4.69) is 5.32 Å². The number of carboxylic acid groups (broad SMARTS) is 1. The number of carboxylic acids is 1. The molecule has 5 amide bonds. The van der Waals surface area contributed by atoms with Gasteiger partial charge in [-0.05, 0) is 13.3 Å². The third-order valence-electron chi connectivity index (χ3n) is 3.18. The van der Waals surface area contributed by atoms with E-state index >= 15 is 0 Å². The van der Waals surface area contributed by atoms with E-state index in [9.17, 15) is 29.1 Å². The van der Waals surface area contributed by atoms with Crippen LogP contribution in [0.2, 0.25) is 0 Å². The van der Waals surface area contributed by atoms with E-state index in [1.54, 1.807) is 0 Å². The minimum Gasteiger partial charge on any atom is -0.480 e. The number of rotatable bonds is 10. The number of primary amides is 1. The Balaban J connectivity index is 4.94. The molecule has 0 rings (SSSR count). The van der Waals surface area contributed by atoms with E-state index in [-0.39, 0.29) is 12.8 Å². The number of carbonyl (C=O) groups is 5. The molecule has 0 aliphatic carbocycles. The summed E-state index contributed by atoms with van der Waals surface area (Å²) in [7, 11) is 0. The Kier molecular flexibility index (Phi) is 10.3. The Morgan fingerprint density at radius 2 is 1.59 bits per heavy atom. The first kappa shape index (κ1) is 24.0. The van der Waals surface area contributed by atoms with Crippen LogP contribution in [0, 0.1) is 0 Å². The lowest BCUT2D eigenvalue weighted by atomic mass is 10.1. The predicted octanol–water partition coefficient (Wildman–Crippen LogP) is -4.78. The van der Waals surface area contributed by atoms with Crippen molar-refractivity contribution in [3.63, 3.8) is 0 Å². The zero-order valence-corrected chi connectivity index (χ0v) is 14.5. The summed E-state index contributed by atoms with van der Waals surface area (Å²) in [6, 6.07) is -5.45. The first-order chi connectivity index (χ1) is 12.5. The molecule has 0 saturated heterocycles. The Hall–Kier alpha value is -2.97. The summed E-state index contributed by atoms with van der Waals surface area (Å²) in [5.74, 6) is -4.16. The molecule has 0 heterocycles. The fourth-order valence-corrected chi connectivity index (χ4v) is 1.67. The predicted molar refractivity (Wildman–Crippen MR) is 88.3 cm³/mol. The van der Waals surface area contributed by atoms with Gasteiger partial charge in [0.25, 0.3) is 11.8 Å². The Morgan fingerprint density at radius 3 is 2.04 bits per heavy atom. The molecule has 154 valence electrons. The normalized spacial score (nSPS) is 14.8. The average Bonchev–Trinajstić information content (AvgIpc) is 2.59. The van der Waals surface area contributed by atoms with E-state index in [4.69, 9.17) is 21.7 Å². The second kappa shape index (κ2) is 11.6. The maximum absolute atomic E-state index is 12.1. The molecule has 0 bridgehead atoms. The molecule has 0 fully saturated rings. The molecular formula is C13H24N6O8. The van der Waals surface area contributed by atoms with Crippen molar-refractivity contribution in [2.24, 2.45) is 11.5 Å². The first-order valence-corrected chi connectivity index (χ1v) is 7.71. The Morgan fingerprint density at radius 1 is 1.04 bits per heavy atom. The molecule has 0 aliphatic heterocycles. The number of nitrogens with one attached hydrogen (secondary N) is 4. The lowest BCUT2D eigenvalue weighted by Crippen LogP contribution is -2.58. The fraction of sp³-hybridized carbons (Fsp3) is 0.615. The van der Waals surface area contributed by atoms with E-state index < -0.39 is 60.6 Å². The smallest absolute Gasteiger partial charge is 0.328 e. The third kappa shape index (κ3) is 9.34. The number of amides is 5. The molecule has 0 aliphatic rings.